The summed E-state index contributed by atoms with van der Waals surface area (Å²) < 4.78 is 41.7. The molecule has 1 N–H and O–H groups in total. The van der Waals surface area contributed by atoms with Crippen molar-refractivity contribution in [1.82, 2.24) is 20.4 Å². The van der Waals surface area contributed by atoms with Crippen LogP contribution >= 0.6 is 11.3 Å². The van der Waals surface area contributed by atoms with Crippen molar-refractivity contribution >= 4 is 17.4 Å². The van der Waals surface area contributed by atoms with Gasteiger partial charge in [-0.3, -0.25) is 0 Å². The number of nitrogens with zero attached hydrogens (tertiary/aromatic N) is 3. The summed E-state index contributed by atoms with van der Waals surface area (Å²) in [5.41, 5.74) is 0. The SMILES string of the molecule is CCN(Cc1ccc(-c2noc(C(F)(F)F)n2)s1)C(=O)NC(C)C. The lowest BCUT2D eigenvalue weighted by Crippen LogP contribution is -2.42. The monoisotopic (exact) mass is 362 g/mol. The number of amides is 2. The highest BCUT2D eigenvalue weighted by Gasteiger charge is 2.38. The number of hydrogen-bond acceptors (Lipinski definition) is 5. The molecule has 0 fully saturated rings. The second-order valence-corrected chi connectivity index (χ2v) is 6.47. The number of alkyl halides is 3. The Morgan fingerprint density at radius 2 is 2.12 bits per heavy atom. The van der Waals surface area contributed by atoms with Crippen LogP contribution < -0.4 is 5.32 Å². The summed E-state index contributed by atoms with van der Waals surface area (Å²) in [6.45, 7) is 6.44. The topological polar surface area (TPSA) is 71.3 Å². The molecule has 0 radical (unpaired) electrons. The molecular formula is C14H17F3N4O2S. The Balaban J connectivity index is 2.10. The van der Waals surface area contributed by atoms with Crippen molar-refractivity contribution in [2.45, 2.75) is 39.5 Å². The van der Waals surface area contributed by atoms with Crippen molar-refractivity contribution in [2.75, 3.05) is 6.54 Å². The molecule has 2 aromatic rings. The first-order chi connectivity index (χ1) is 11.2. The van der Waals surface area contributed by atoms with Crippen LogP contribution in [0.4, 0.5) is 18.0 Å². The zero-order chi connectivity index (χ0) is 17.9. The molecule has 0 atom stereocenters. The Bertz CT molecular complexity index is 696. The number of carbonyl (C=O) groups is 1. The number of thiophene rings is 1. The third-order valence-corrected chi connectivity index (χ3v) is 4.04. The van der Waals surface area contributed by atoms with E-state index in [0.29, 0.717) is 18.0 Å². The van der Waals surface area contributed by atoms with Crippen LogP contribution in [0.3, 0.4) is 0 Å². The van der Waals surface area contributed by atoms with Gasteiger partial charge in [0.25, 0.3) is 0 Å². The van der Waals surface area contributed by atoms with Crippen molar-refractivity contribution in [3.63, 3.8) is 0 Å². The molecule has 0 saturated carbocycles. The molecule has 2 amide bonds. The number of rotatable bonds is 5. The first kappa shape index (κ1) is 18.2. The molecule has 6 nitrogen and oxygen atoms in total. The number of nitrogens with one attached hydrogen (secondary N) is 1. The molecule has 2 rings (SSSR count). The van der Waals surface area contributed by atoms with E-state index in [2.05, 4.69) is 20.0 Å². The summed E-state index contributed by atoms with van der Waals surface area (Å²) in [4.78, 5) is 18.3. The van der Waals surface area contributed by atoms with Crippen LogP contribution in [0.15, 0.2) is 16.7 Å². The van der Waals surface area contributed by atoms with Crippen LogP contribution in [-0.2, 0) is 12.7 Å². The fourth-order valence-corrected chi connectivity index (χ4v) is 2.82. The van der Waals surface area contributed by atoms with Gasteiger partial charge >= 0.3 is 18.1 Å². The molecule has 2 aromatic heterocycles. The Morgan fingerprint density at radius 3 is 2.67 bits per heavy atom. The molecule has 0 aliphatic heterocycles. The average molecular weight is 362 g/mol. The van der Waals surface area contributed by atoms with Gasteiger partial charge in [-0.1, -0.05) is 5.16 Å². The smallest absolute Gasteiger partial charge is 0.336 e. The third kappa shape index (κ3) is 4.47. The average Bonchev–Trinajstić information content (AvgIpc) is 3.12. The maximum absolute atomic E-state index is 12.5. The standard InChI is InChI=1S/C14H17F3N4O2S/c1-4-21(13(22)18-8(2)3)7-9-5-6-10(24-9)11-19-12(23-20-11)14(15,16)17/h5-6,8H,4,7H2,1-3H3,(H,18,22). The van der Waals surface area contributed by atoms with Gasteiger partial charge in [-0.05, 0) is 32.9 Å². The van der Waals surface area contributed by atoms with Crippen LogP contribution in [0, 0.1) is 0 Å². The number of urea groups is 1. The predicted molar refractivity (Wildman–Crippen MR) is 82.4 cm³/mol. The maximum atomic E-state index is 12.5. The minimum Gasteiger partial charge on any atom is -0.336 e. The van der Waals surface area contributed by atoms with Crippen molar-refractivity contribution in [1.29, 1.82) is 0 Å². The highest BCUT2D eigenvalue weighted by atomic mass is 32.1. The molecule has 0 bridgehead atoms. The van der Waals surface area contributed by atoms with E-state index in [-0.39, 0.29) is 17.9 Å². The summed E-state index contributed by atoms with van der Waals surface area (Å²) in [5, 5.41) is 6.15. The number of aromatic nitrogens is 2. The minimum absolute atomic E-state index is 0.0190. The van der Waals surface area contributed by atoms with E-state index >= 15 is 0 Å². The Morgan fingerprint density at radius 1 is 1.42 bits per heavy atom. The van der Waals surface area contributed by atoms with Gasteiger partial charge in [0.1, 0.15) is 0 Å². The van der Waals surface area contributed by atoms with Gasteiger partial charge in [0.2, 0.25) is 5.82 Å². The van der Waals surface area contributed by atoms with Crippen molar-refractivity contribution in [3.05, 3.63) is 22.9 Å². The Kier molecular flexibility index (Phi) is 5.47. The molecule has 10 heteroatoms. The molecule has 132 valence electrons. The highest BCUT2D eigenvalue weighted by molar-refractivity contribution is 7.15. The molecule has 0 spiro atoms. The fraction of sp³-hybridized carbons (Fsp3) is 0.500. The summed E-state index contributed by atoms with van der Waals surface area (Å²) in [6.07, 6.45) is -4.67. The molecule has 0 aromatic carbocycles. The lowest BCUT2D eigenvalue weighted by atomic mass is 10.3. The van der Waals surface area contributed by atoms with E-state index in [4.69, 9.17) is 0 Å². The first-order valence-electron chi connectivity index (χ1n) is 7.26. The van der Waals surface area contributed by atoms with Crippen LogP contribution in [0.25, 0.3) is 10.7 Å². The zero-order valence-electron chi connectivity index (χ0n) is 13.3. The summed E-state index contributed by atoms with van der Waals surface area (Å²) in [7, 11) is 0. The predicted octanol–water partition coefficient (Wildman–Crippen LogP) is 3.76. The van der Waals surface area contributed by atoms with Crippen molar-refractivity contribution in [2.24, 2.45) is 0 Å². The van der Waals surface area contributed by atoms with Gasteiger partial charge in [0.05, 0.1) is 11.4 Å². The number of hydrogen-bond donors (Lipinski definition) is 1. The highest BCUT2D eigenvalue weighted by Crippen LogP contribution is 2.32. The Hall–Kier alpha value is -2.10. The summed E-state index contributed by atoms with van der Waals surface area (Å²) >= 11 is 1.22. The largest absolute Gasteiger partial charge is 0.471 e. The lowest BCUT2D eigenvalue weighted by Gasteiger charge is -2.22. The van der Waals surface area contributed by atoms with Gasteiger partial charge in [-0.15, -0.1) is 11.3 Å². The van der Waals surface area contributed by atoms with Crippen LogP contribution in [0.2, 0.25) is 0 Å². The number of carbonyl (C=O) groups excluding carboxylic acids is 1. The summed E-state index contributed by atoms with van der Waals surface area (Å²) in [6, 6.07) is 3.17. The molecule has 24 heavy (non-hydrogen) atoms. The summed E-state index contributed by atoms with van der Waals surface area (Å²) in [5.74, 6) is -1.49. The van der Waals surface area contributed by atoms with Crippen molar-refractivity contribution < 1.29 is 22.5 Å². The Labute approximate surface area is 140 Å². The fourth-order valence-electron chi connectivity index (χ4n) is 1.88. The van der Waals surface area contributed by atoms with E-state index < -0.39 is 12.1 Å². The normalized spacial score (nSPS) is 11.8. The molecule has 0 aliphatic rings. The molecule has 0 unspecified atom stereocenters. The second kappa shape index (κ2) is 7.20. The van der Waals surface area contributed by atoms with E-state index in [9.17, 15) is 18.0 Å². The van der Waals surface area contributed by atoms with Gasteiger partial charge in [-0.2, -0.15) is 18.2 Å². The number of halogens is 3. The second-order valence-electron chi connectivity index (χ2n) is 5.31. The van der Waals surface area contributed by atoms with Crippen LogP contribution in [0.5, 0.6) is 0 Å². The van der Waals surface area contributed by atoms with Gasteiger partial charge in [-0.25, -0.2) is 4.79 Å². The van der Waals surface area contributed by atoms with Crippen LogP contribution in [0.1, 0.15) is 31.5 Å². The molecule has 2 heterocycles. The zero-order valence-corrected chi connectivity index (χ0v) is 14.2. The molecule has 0 saturated heterocycles. The third-order valence-electron chi connectivity index (χ3n) is 2.98. The van der Waals surface area contributed by atoms with Crippen LogP contribution in [-0.4, -0.2) is 33.7 Å². The molecule has 0 aliphatic carbocycles. The lowest BCUT2D eigenvalue weighted by molar-refractivity contribution is -0.159. The van der Waals surface area contributed by atoms with Crippen molar-refractivity contribution in [3.8, 4) is 10.7 Å². The van der Waals surface area contributed by atoms with Gasteiger partial charge in [0.15, 0.2) is 0 Å². The van der Waals surface area contributed by atoms with Gasteiger partial charge in [0, 0.05) is 17.5 Å². The first-order valence-corrected chi connectivity index (χ1v) is 8.07. The van der Waals surface area contributed by atoms with E-state index in [1.54, 1.807) is 17.0 Å². The van der Waals surface area contributed by atoms with E-state index in [0.717, 1.165) is 4.88 Å². The van der Waals surface area contributed by atoms with E-state index in [1.807, 2.05) is 20.8 Å². The minimum atomic E-state index is -4.67. The van der Waals surface area contributed by atoms with Gasteiger partial charge < -0.3 is 14.7 Å². The maximum Gasteiger partial charge on any atom is 0.471 e. The quantitative estimate of drug-likeness (QED) is 0.879. The van der Waals surface area contributed by atoms with E-state index in [1.165, 1.54) is 11.3 Å². The molecular weight excluding hydrogens is 345 g/mol.